The molecule has 0 radical (unpaired) electrons. The number of hydrogen-bond acceptors (Lipinski definition) is 3. The van der Waals surface area contributed by atoms with Crippen LogP contribution in [0.2, 0.25) is 0 Å². The van der Waals surface area contributed by atoms with Gasteiger partial charge in [0.2, 0.25) is 5.91 Å². The largest absolute Gasteiger partial charge is 0.356 e. The lowest BCUT2D eigenvalue weighted by Crippen LogP contribution is -2.48. The molecule has 0 bridgehead atoms. The van der Waals surface area contributed by atoms with E-state index in [1.54, 1.807) is 12.1 Å². The topological polar surface area (TPSA) is 82.3 Å². The van der Waals surface area contributed by atoms with Gasteiger partial charge in [-0.05, 0) is 54.4 Å². The first-order chi connectivity index (χ1) is 14.5. The minimum Gasteiger partial charge on any atom is -0.356 e. The van der Waals surface area contributed by atoms with Crippen LogP contribution in [0.4, 0.5) is 27.5 Å². The Labute approximate surface area is 176 Å². The molecule has 30 heavy (non-hydrogen) atoms. The minimum atomic E-state index is -0.671. The van der Waals surface area contributed by atoms with Gasteiger partial charge in [-0.1, -0.05) is 50.2 Å². The number of carbonyl (C=O) groups is 2. The fourth-order valence-corrected chi connectivity index (χ4v) is 2.91. The predicted octanol–water partition coefficient (Wildman–Crippen LogP) is 5.22. The number of rotatable bonds is 7. The van der Waals surface area contributed by atoms with Crippen molar-refractivity contribution in [1.82, 2.24) is 5.32 Å². The van der Waals surface area contributed by atoms with Crippen LogP contribution in [0.15, 0.2) is 84.9 Å². The zero-order chi connectivity index (χ0) is 21.3. The first-order valence-corrected chi connectivity index (χ1v) is 9.87. The molecule has 0 aromatic heterocycles. The third kappa shape index (κ3) is 6.10. The first-order valence-electron chi connectivity index (χ1n) is 9.87. The quantitative estimate of drug-likeness (QED) is 0.438. The molecule has 6 heteroatoms. The van der Waals surface area contributed by atoms with E-state index in [1.807, 2.05) is 86.6 Å². The molecule has 3 aromatic carbocycles. The van der Waals surface area contributed by atoms with Gasteiger partial charge in [-0.2, -0.15) is 0 Å². The normalized spacial score (nSPS) is 11.4. The molecular formula is C24H26N4O2. The Hall–Kier alpha value is -3.80. The van der Waals surface area contributed by atoms with Crippen molar-refractivity contribution in [3.63, 3.8) is 0 Å². The van der Waals surface area contributed by atoms with E-state index in [0.29, 0.717) is 11.4 Å². The second kappa shape index (κ2) is 10.1. The number of hydrogen-bond donors (Lipinski definition) is 4. The van der Waals surface area contributed by atoms with E-state index in [1.165, 1.54) is 0 Å². The summed E-state index contributed by atoms with van der Waals surface area (Å²) in [5, 5.41) is 11.7. The van der Waals surface area contributed by atoms with Crippen molar-refractivity contribution < 1.29 is 9.59 Å². The van der Waals surface area contributed by atoms with Crippen LogP contribution in [0.5, 0.6) is 0 Å². The van der Waals surface area contributed by atoms with Crippen LogP contribution >= 0.6 is 0 Å². The van der Waals surface area contributed by atoms with Gasteiger partial charge >= 0.3 is 6.03 Å². The van der Waals surface area contributed by atoms with Crippen molar-refractivity contribution in [3.8, 4) is 0 Å². The number of para-hydroxylation sites is 2. The van der Waals surface area contributed by atoms with E-state index in [2.05, 4.69) is 21.3 Å². The highest BCUT2D eigenvalue weighted by Gasteiger charge is 2.24. The lowest BCUT2D eigenvalue weighted by Gasteiger charge is -2.22. The van der Waals surface area contributed by atoms with E-state index in [4.69, 9.17) is 0 Å². The summed E-state index contributed by atoms with van der Waals surface area (Å²) in [6, 6.07) is 25.3. The third-order valence-corrected chi connectivity index (χ3v) is 4.48. The number of benzene rings is 3. The zero-order valence-corrected chi connectivity index (χ0v) is 17.1. The fraction of sp³-hybridized carbons (Fsp3) is 0.167. The molecule has 0 aliphatic rings. The van der Waals surface area contributed by atoms with E-state index in [-0.39, 0.29) is 11.8 Å². The van der Waals surface area contributed by atoms with Gasteiger partial charge in [0.25, 0.3) is 0 Å². The van der Waals surface area contributed by atoms with Crippen molar-refractivity contribution >= 4 is 34.7 Å². The van der Waals surface area contributed by atoms with Crippen molar-refractivity contribution in [1.29, 1.82) is 0 Å². The summed E-state index contributed by atoms with van der Waals surface area (Å²) in [5.41, 5.74) is 3.23. The standard InChI is InChI=1S/C24H26N4O2/c1-17(2)22(28-24(30)27-19-11-7-4-8-12-19)23(29)26-21-15-13-20(14-16-21)25-18-9-5-3-6-10-18/h3-17,22,25H,1-2H3,(H,26,29)(H2,27,28,30). The van der Waals surface area contributed by atoms with Crippen molar-refractivity contribution in [2.75, 3.05) is 16.0 Å². The van der Waals surface area contributed by atoms with Gasteiger partial charge in [0.15, 0.2) is 0 Å². The zero-order valence-electron chi connectivity index (χ0n) is 17.1. The minimum absolute atomic E-state index is 0.0782. The third-order valence-electron chi connectivity index (χ3n) is 4.48. The SMILES string of the molecule is CC(C)C(NC(=O)Nc1ccccc1)C(=O)Nc1ccc(Nc2ccccc2)cc1. The Balaban J connectivity index is 1.58. The van der Waals surface area contributed by atoms with Gasteiger partial charge in [-0.15, -0.1) is 0 Å². The van der Waals surface area contributed by atoms with E-state index < -0.39 is 12.1 Å². The second-order valence-electron chi connectivity index (χ2n) is 7.24. The smallest absolute Gasteiger partial charge is 0.319 e. The number of anilines is 4. The summed E-state index contributed by atoms with van der Waals surface area (Å²) in [4.78, 5) is 25.0. The Morgan fingerprint density at radius 3 is 1.67 bits per heavy atom. The summed E-state index contributed by atoms with van der Waals surface area (Å²) in [7, 11) is 0. The van der Waals surface area contributed by atoms with Gasteiger partial charge in [-0.3, -0.25) is 4.79 Å². The Bertz CT molecular complexity index is 958. The van der Waals surface area contributed by atoms with Crippen LogP contribution in [0.3, 0.4) is 0 Å². The molecule has 0 heterocycles. The molecule has 0 saturated heterocycles. The summed E-state index contributed by atoms with van der Waals surface area (Å²) >= 11 is 0. The lowest BCUT2D eigenvalue weighted by molar-refractivity contribution is -0.118. The number of amides is 3. The molecule has 0 aliphatic carbocycles. The number of urea groups is 1. The fourth-order valence-electron chi connectivity index (χ4n) is 2.91. The maximum atomic E-state index is 12.7. The van der Waals surface area contributed by atoms with Crippen molar-refractivity contribution in [3.05, 3.63) is 84.9 Å². The van der Waals surface area contributed by atoms with Crippen LogP contribution in [0.25, 0.3) is 0 Å². The molecular weight excluding hydrogens is 376 g/mol. The second-order valence-corrected chi connectivity index (χ2v) is 7.24. The molecule has 1 atom stereocenters. The Morgan fingerprint density at radius 1 is 0.633 bits per heavy atom. The van der Waals surface area contributed by atoms with Crippen LogP contribution < -0.4 is 21.3 Å². The van der Waals surface area contributed by atoms with Crippen LogP contribution in [0, 0.1) is 5.92 Å². The number of carbonyl (C=O) groups excluding carboxylic acids is 2. The average molecular weight is 402 g/mol. The average Bonchev–Trinajstić information content (AvgIpc) is 2.74. The van der Waals surface area contributed by atoms with Gasteiger partial charge in [0.1, 0.15) is 6.04 Å². The van der Waals surface area contributed by atoms with Crippen LogP contribution in [0.1, 0.15) is 13.8 Å². The summed E-state index contributed by atoms with van der Waals surface area (Å²) in [6.07, 6.45) is 0. The number of nitrogens with one attached hydrogen (secondary N) is 4. The molecule has 1 unspecified atom stereocenters. The lowest BCUT2D eigenvalue weighted by atomic mass is 10.0. The van der Waals surface area contributed by atoms with E-state index in [9.17, 15) is 9.59 Å². The monoisotopic (exact) mass is 402 g/mol. The molecule has 0 fully saturated rings. The van der Waals surface area contributed by atoms with Crippen LogP contribution in [-0.4, -0.2) is 18.0 Å². The predicted molar refractivity (Wildman–Crippen MR) is 122 cm³/mol. The molecule has 3 amide bonds. The molecule has 3 rings (SSSR count). The molecule has 0 saturated carbocycles. The molecule has 0 aliphatic heterocycles. The first kappa shape index (κ1) is 20.9. The van der Waals surface area contributed by atoms with Crippen molar-refractivity contribution in [2.24, 2.45) is 5.92 Å². The maximum Gasteiger partial charge on any atom is 0.319 e. The highest BCUT2D eigenvalue weighted by atomic mass is 16.2. The molecule has 4 N–H and O–H groups in total. The van der Waals surface area contributed by atoms with Gasteiger partial charge in [-0.25, -0.2) is 4.79 Å². The maximum absolute atomic E-state index is 12.7. The highest BCUT2D eigenvalue weighted by Crippen LogP contribution is 2.19. The Morgan fingerprint density at radius 2 is 1.10 bits per heavy atom. The van der Waals surface area contributed by atoms with E-state index in [0.717, 1.165) is 11.4 Å². The van der Waals surface area contributed by atoms with Gasteiger partial charge < -0.3 is 21.3 Å². The Kier molecular flexibility index (Phi) is 7.05. The summed E-state index contributed by atoms with van der Waals surface area (Å²) in [5.74, 6) is -0.345. The molecule has 0 spiro atoms. The molecule has 6 nitrogen and oxygen atoms in total. The highest BCUT2D eigenvalue weighted by molar-refractivity contribution is 5.99. The van der Waals surface area contributed by atoms with Crippen LogP contribution in [-0.2, 0) is 4.79 Å². The van der Waals surface area contributed by atoms with Crippen molar-refractivity contribution in [2.45, 2.75) is 19.9 Å². The van der Waals surface area contributed by atoms with Gasteiger partial charge in [0, 0.05) is 22.7 Å². The molecule has 3 aromatic rings. The molecule has 154 valence electrons. The summed E-state index contributed by atoms with van der Waals surface area (Å²) < 4.78 is 0. The van der Waals surface area contributed by atoms with Gasteiger partial charge in [0.05, 0.1) is 0 Å². The summed E-state index contributed by atoms with van der Waals surface area (Å²) in [6.45, 7) is 3.78. The van der Waals surface area contributed by atoms with E-state index >= 15 is 0 Å².